The number of rotatable bonds is 6. The third kappa shape index (κ3) is 4.60. The Hall–Kier alpha value is -1.42. The summed E-state index contributed by atoms with van der Waals surface area (Å²) in [7, 11) is 2.01. The number of halogens is 1. The highest BCUT2D eigenvalue weighted by molar-refractivity contribution is 6.30. The van der Waals surface area contributed by atoms with Gasteiger partial charge in [0.15, 0.2) is 0 Å². The number of nitrogens with zero attached hydrogens (tertiary/aromatic N) is 2. The number of hydrogen-bond acceptors (Lipinski definition) is 3. The van der Waals surface area contributed by atoms with Gasteiger partial charge in [0.1, 0.15) is 0 Å². The minimum Gasteiger partial charge on any atom is -0.387 e. The molecule has 0 aliphatic rings. The second kappa shape index (κ2) is 7.39. The minimum absolute atomic E-state index is 0.517. The van der Waals surface area contributed by atoms with Crippen molar-refractivity contribution in [3.05, 3.63) is 64.9 Å². The van der Waals surface area contributed by atoms with Crippen LogP contribution in [0.4, 0.5) is 0 Å². The average Bonchev–Trinajstić information content (AvgIpc) is 2.46. The molecule has 1 heterocycles. The van der Waals surface area contributed by atoms with Gasteiger partial charge in [0.05, 0.1) is 6.10 Å². The summed E-state index contributed by atoms with van der Waals surface area (Å²) in [5.74, 6) is 0. The number of aliphatic hydroxyl groups is 1. The van der Waals surface area contributed by atoms with Gasteiger partial charge >= 0.3 is 0 Å². The van der Waals surface area contributed by atoms with E-state index >= 15 is 0 Å². The number of aliphatic hydroxyl groups excluding tert-OH is 1. The fourth-order valence-corrected chi connectivity index (χ4v) is 2.27. The van der Waals surface area contributed by atoms with Crippen molar-refractivity contribution in [3.63, 3.8) is 0 Å². The molecule has 1 N–H and O–H groups in total. The molecule has 0 saturated carbocycles. The smallest absolute Gasteiger partial charge is 0.0917 e. The molecule has 0 spiro atoms. The van der Waals surface area contributed by atoms with Crippen LogP contribution in [0, 0.1) is 0 Å². The van der Waals surface area contributed by atoms with Crippen molar-refractivity contribution in [2.24, 2.45) is 0 Å². The predicted octanol–water partition coefficient (Wildman–Crippen LogP) is 2.94. The van der Waals surface area contributed by atoms with E-state index in [0.29, 0.717) is 11.6 Å². The number of pyridine rings is 1. The van der Waals surface area contributed by atoms with Crippen LogP contribution in [0.5, 0.6) is 0 Å². The summed E-state index contributed by atoms with van der Waals surface area (Å²) in [6.45, 7) is 1.48. The zero-order valence-corrected chi connectivity index (χ0v) is 12.3. The topological polar surface area (TPSA) is 36.4 Å². The van der Waals surface area contributed by atoms with Gasteiger partial charge < -0.3 is 10.0 Å². The Morgan fingerprint density at radius 3 is 2.70 bits per heavy atom. The quantitative estimate of drug-likeness (QED) is 0.889. The first kappa shape index (κ1) is 15.0. The highest BCUT2D eigenvalue weighted by Crippen LogP contribution is 2.18. The molecule has 0 radical (unpaired) electrons. The number of benzene rings is 1. The first-order chi connectivity index (χ1) is 9.65. The van der Waals surface area contributed by atoms with Gasteiger partial charge in [0, 0.05) is 30.5 Å². The molecule has 1 aromatic carbocycles. The van der Waals surface area contributed by atoms with Crippen molar-refractivity contribution in [2.45, 2.75) is 12.5 Å². The molecule has 106 valence electrons. The van der Waals surface area contributed by atoms with Crippen molar-refractivity contribution in [1.29, 1.82) is 0 Å². The lowest BCUT2D eigenvalue weighted by atomic mass is 10.1. The maximum atomic E-state index is 10.2. The second-order valence-corrected chi connectivity index (χ2v) is 5.37. The molecule has 3 nitrogen and oxygen atoms in total. The Labute approximate surface area is 124 Å². The Morgan fingerprint density at radius 2 is 2.00 bits per heavy atom. The summed E-state index contributed by atoms with van der Waals surface area (Å²) in [5, 5.41) is 10.9. The minimum atomic E-state index is -0.517. The van der Waals surface area contributed by atoms with Crippen LogP contribution < -0.4 is 0 Å². The molecule has 0 saturated heterocycles. The van der Waals surface area contributed by atoms with E-state index in [1.807, 2.05) is 43.4 Å². The van der Waals surface area contributed by atoms with Gasteiger partial charge in [-0.25, -0.2) is 0 Å². The van der Waals surface area contributed by atoms with Crippen LogP contribution in [0.25, 0.3) is 0 Å². The predicted molar refractivity (Wildman–Crippen MR) is 81.8 cm³/mol. The first-order valence-electron chi connectivity index (χ1n) is 6.66. The molecule has 0 fully saturated rings. The molecule has 0 aliphatic heterocycles. The van der Waals surface area contributed by atoms with E-state index in [9.17, 15) is 5.11 Å². The summed E-state index contributed by atoms with van der Waals surface area (Å²) in [5.41, 5.74) is 2.11. The van der Waals surface area contributed by atoms with Crippen LogP contribution >= 0.6 is 11.6 Å². The molecular weight excluding hydrogens is 272 g/mol. The zero-order valence-electron chi connectivity index (χ0n) is 11.5. The molecule has 0 unspecified atom stereocenters. The van der Waals surface area contributed by atoms with E-state index in [1.54, 1.807) is 12.4 Å². The lowest BCUT2D eigenvalue weighted by Crippen LogP contribution is -2.26. The second-order valence-electron chi connectivity index (χ2n) is 4.94. The van der Waals surface area contributed by atoms with Crippen LogP contribution in [0.3, 0.4) is 0 Å². The number of likely N-dealkylation sites (N-methyl/N-ethyl adjacent to an activating group) is 1. The number of hydrogen-bond donors (Lipinski definition) is 1. The highest BCUT2D eigenvalue weighted by Gasteiger charge is 2.11. The van der Waals surface area contributed by atoms with Gasteiger partial charge in [-0.15, -0.1) is 0 Å². The van der Waals surface area contributed by atoms with E-state index in [1.165, 1.54) is 5.56 Å². The normalized spacial score (nSPS) is 12.6. The standard InChI is InChI=1S/C16H19ClN2O/c1-19(10-7-13-5-8-18-9-6-13)12-16(20)14-3-2-4-15(17)11-14/h2-6,8-9,11,16,20H,7,10,12H2,1H3/t16-/m0/s1. The first-order valence-corrected chi connectivity index (χ1v) is 7.04. The molecule has 1 aromatic heterocycles. The largest absolute Gasteiger partial charge is 0.387 e. The molecule has 4 heteroatoms. The van der Waals surface area contributed by atoms with Crippen molar-refractivity contribution in [1.82, 2.24) is 9.88 Å². The van der Waals surface area contributed by atoms with Crippen molar-refractivity contribution in [3.8, 4) is 0 Å². The maximum absolute atomic E-state index is 10.2. The zero-order chi connectivity index (χ0) is 14.4. The highest BCUT2D eigenvalue weighted by atomic mass is 35.5. The van der Waals surface area contributed by atoms with Gasteiger partial charge in [-0.1, -0.05) is 23.7 Å². The van der Waals surface area contributed by atoms with Crippen molar-refractivity contribution in [2.75, 3.05) is 20.1 Å². The molecular formula is C16H19ClN2O. The lowest BCUT2D eigenvalue weighted by molar-refractivity contribution is 0.127. The van der Waals surface area contributed by atoms with Crippen LogP contribution in [0.15, 0.2) is 48.8 Å². The van der Waals surface area contributed by atoms with E-state index in [-0.39, 0.29) is 0 Å². The van der Waals surface area contributed by atoms with Crippen LogP contribution in [0.2, 0.25) is 5.02 Å². The summed E-state index contributed by atoms with van der Waals surface area (Å²) in [6.07, 6.45) is 4.03. The monoisotopic (exact) mass is 290 g/mol. The van der Waals surface area contributed by atoms with Gasteiger partial charge in [-0.3, -0.25) is 4.98 Å². The molecule has 20 heavy (non-hydrogen) atoms. The third-order valence-corrected chi connectivity index (χ3v) is 3.48. The number of aromatic nitrogens is 1. The fourth-order valence-electron chi connectivity index (χ4n) is 2.08. The molecule has 0 amide bonds. The molecule has 1 atom stereocenters. The Morgan fingerprint density at radius 1 is 1.25 bits per heavy atom. The van der Waals surface area contributed by atoms with E-state index < -0.39 is 6.10 Å². The van der Waals surface area contributed by atoms with Gasteiger partial charge in [0.2, 0.25) is 0 Å². The summed E-state index contributed by atoms with van der Waals surface area (Å²) >= 11 is 5.94. The van der Waals surface area contributed by atoms with E-state index in [4.69, 9.17) is 11.6 Å². The Bertz CT molecular complexity index is 533. The average molecular weight is 291 g/mol. The van der Waals surface area contributed by atoms with Gasteiger partial charge in [0.25, 0.3) is 0 Å². The van der Waals surface area contributed by atoms with Crippen LogP contribution in [-0.2, 0) is 6.42 Å². The van der Waals surface area contributed by atoms with E-state index in [0.717, 1.165) is 18.5 Å². The van der Waals surface area contributed by atoms with Crippen molar-refractivity contribution >= 4 is 11.6 Å². The SMILES string of the molecule is CN(CCc1ccncc1)C[C@H](O)c1cccc(Cl)c1. The molecule has 0 aliphatic carbocycles. The molecule has 2 aromatic rings. The lowest BCUT2D eigenvalue weighted by Gasteiger charge is -2.21. The molecule has 0 bridgehead atoms. The summed E-state index contributed by atoms with van der Waals surface area (Å²) in [6, 6.07) is 11.4. The summed E-state index contributed by atoms with van der Waals surface area (Å²) in [4.78, 5) is 6.12. The van der Waals surface area contributed by atoms with Gasteiger partial charge in [-0.05, 0) is 48.9 Å². The maximum Gasteiger partial charge on any atom is 0.0917 e. The van der Waals surface area contributed by atoms with E-state index in [2.05, 4.69) is 9.88 Å². The molecule has 2 rings (SSSR count). The fraction of sp³-hybridized carbons (Fsp3) is 0.312. The van der Waals surface area contributed by atoms with Gasteiger partial charge in [-0.2, -0.15) is 0 Å². The van der Waals surface area contributed by atoms with Crippen LogP contribution in [-0.4, -0.2) is 35.1 Å². The Balaban J connectivity index is 1.83. The summed E-state index contributed by atoms with van der Waals surface area (Å²) < 4.78 is 0. The Kier molecular flexibility index (Phi) is 5.53. The van der Waals surface area contributed by atoms with Crippen molar-refractivity contribution < 1.29 is 5.11 Å². The third-order valence-electron chi connectivity index (χ3n) is 3.25. The van der Waals surface area contributed by atoms with Crippen LogP contribution in [0.1, 0.15) is 17.2 Å².